The Labute approximate surface area is 202 Å². The van der Waals surface area contributed by atoms with Gasteiger partial charge in [-0.15, -0.1) is 0 Å². The van der Waals surface area contributed by atoms with Crippen molar-refractivity contribution in [2.24, 2.45) is 5.73 Å². The third kappa shape index (κ3) is 3.91. The Morgan fingerprint density at radius 2 is 1.83 bits per heavy atom. The molecule has 35 heavy (non-hydrogen) atoms. The molecule has 1 aromatic heterocycles. The maximum atomic E-state index is 13.1. The zero-order valence-electron chi connectivity index (χ0n) is 19.4. The number of hydrogen-bond acceptors (Lipinski definition) is 7. The number of para-hydroxylation sites is 1. The second kappa shape index (κ2) is 9.03. The lowest BCUT2D eigenvalue weighted by Gasteiger charge is -2.31. The molecule has 1 atom stereocenters. The van der Waals surface area contributed by atoms with E-state index in [0.29, 0.717) is 59.2 Å². The van der Waals surface area contributed by atoms with Crippen LogP contribution in [0.1, 0.15) is 36.4 Å². The van der Waals surface area contributed by atoms with Crippen LogP contribution in [0.15, 0.2) is 77.4 Å². The number of allylic oxidation sites excluding steroid dienone is 3. The highest BCUT2D eigenvalue weighted by molar-refractivity contribution is 5.99. The van der Waals surface area contributed by atoms with Crippen LogP contribution in [0.25, 0.3) is 5.69 Å². The first-order valence-corrected chi connectivity index (χ1v) is 11.3. The van der Waals surface area contributed by atoms with E-state index >= 15 is 0 Å². The van der Waals surface area contributed by atoms with Crippen LogP contribution < -0.4 is 15.2 Å². The van der Waals surface area contributed by atoms with E-state index in [0.717, 1.165) is 5.69 Å². The van der Waals surface area contributed by atoms with E-state index in [-0.39, 0.29) is 17.2 Å². The number of carbonyl (C=O) groups is 1. The fourth-order valence-corrected chi connectivity index (χ4v) is 4.59. The van der Waals surface area contributed by atoms with Gasteiger partial charge < -0.3 is 19.9 Å². The summed E-state index contributed by atoms with van der Waals surface area (Å²) in [6.45, 7) is 1.84. The van der Waals surface area contributed by atoms with Gasteiger partial charge in [-0.2, -0.15) is 10.4 Å². The molecule has 2 aliphatic rings. The van der Waals surface area contributed by atoms with Gasteiger partial charge in [0.1, 0.15) is 28.9 Å². The smallest absolute Gasteiger partial charge is 0.227 e. The van der Waals surface area contributed by atoms with Gasteiger partial charge in [0.15, 0.2) is 5.78 Å². The fraction of sp³-hybridized carbons (Fsp3) is 0.222. The van der Waals surface area contributed by atoms with Gasteiger partial charge in [0.2, 0.25) is 11.8 Å². The van der Waals surface area contributed by atoms with E-state index in [4.69, 9.17) is 25.0 Å². The van der Waals surface area contributed by atoms with E-state index in [2.05, 4.69) is 6.07 Å². The van der Waals surface area contributed by atoms with Crippen molar-refractivity contribution in [2.75, 3.05) is 7.11 Å². The predicted molar refractivity (Wildman–Crippen MR) is 128 cm³/mol. The SMILES string of the molecule is COc1ccc(Oc2c(C3C(C#N)=C(N)OC4=C3C(=O)CCC4)c(C)nn2-c2ccccc2)cc1. The van der Waals surface area contributed by atoms with Gasteiger partial charge in [0, 0.05) is 18.4 Å². The number of nitrogens with zero attached hydrogens (tertiary/aromatic N) is 3. The molecule has 2 aromatic carbocycles. The van der Waals surface area contributed by atoms with E-state index < -0.39 is 5.92 Å². The fourth-order valence-electron chi connectivity index (χ4n) is 4.59. The van der Waals surface area contributed by atoms with Crippen molar-refractivity contribution >= 4 is 5.78 Å². The number of nitrogens with two attached hydrogens (primary N) is 1. The Morgan fingerprint density at radius 3 is 2.51 bits per heavy atom. The minimum absolute atomic E-state index is 0.00760. The van der Waals surface area contributed by atoms with Crippen LogP contribution in [0, 0.1) is 18.3 Å². The predicted octanol–water partition coefficient (Wildman–Crippen LogP) is 4.80. The molecule has 1 aliphatic carbocycles. The molecule has 1 unspecified atom stereocenters. The lowest BCUT2D eigenvalue weighted by Crippen LogP contribution is -2.27. The molecule has 0 fully saturated rings. The third-order valence-electron chi connectivity index (χ3n) is 6.23. The number of aryl methyl sites for hydroxylation is 1. The number of ether oxygens (including phenoxy) is 3. The molecule has 0 saturated heterocycles. The number of ketones is 1. The van der Waals surface area contributed by atoms with Gasteiger partial charge in [-0.3, -0.25) is 4.79 Å². The van der Waals surface area contributed by atoms with Crippen LogP contribution in [-0.4, -0.2) is 22.7 Å². The van der Waals surface area contributed by atoms with Gasteiger partial charge in [-0.1, -0.05) is 18.2 Å². The first-order chi connectivity index (χ1) is 17.0. The highest BCUT2D eigenvalue weighted by Crippen LogP contribution is 2.48. The Bertz CT molecular complexity index is 1400. The van der Waals surface area contributed by atoms with Crippen LogP contribution >= 0.6 is 0 Å². The van der Waals surface area contributed by atoms with Gasteiger partial charge in [-0.25, -0.2) is 4.68 Å². The maximum Gasteiger partial charge on any atom is 0.227 e. The number of aromatic nitrogens is 2. The molecule has 8 heteroatoms. The standard InChI is InChI=1S/C27H24N4O4/c1-16-23(24-20(15-28)26(29)35-22-10-6-9-21(32)25(22)24)27(31(30-16)17-7-4-3-5-8-17)34-19-13-11-18(33-2)12-14-19/h3-5,7-8,11-14,24H,6,9-10,29H2,1-2H3. The molecule has 176 valence electrons. The summed E-state index contributed by atoms with van der Waals surface area (Å²) in [6.07, 6.45) is 1.65. The first-order valence-electron chi connectivity index (χ1n) is 11.3. The maximum absolute atomic E-state index is 13.1. The number of carbonyl (C=O) groups excluding carboxylic acids is 1. The number of methoxy groups -OCH3 is 1. The molecule has 0 bridgehead atoms. The third-order valence-corrected chi connectivity index (χ3v) is 6.23. The number of rotatable bonds is 5. The van der Waals surface area contributed by atoms with E-state index in [1.807, 2.05) is 37.3 Å². The van der Waals surface area contributed by atoms with Gasteiger partial charge in [0.05, 0.1) is 30.0 Å². The highest BCUT2D eigenvalue weighted by atomic mass is 16.5. The van der Waals surface area contributed by atoms with Gasteiger partial charge in [-0.05, 0) is 49.7 Å². The summed E-state index contributed by atoms with van der Waals surface area (Å²) in [6, 6.07) is 18.9. The van der Waals surface area contributed by atoms with Crippen molar-refractivity contribution < 1.29 is 19.0 Å². The minimum atomic E-state index is -0.734. The minimum Gasteiger partial charge on any atom is -0.497 e. The van der Waals surface area contributed by atoms with E-state index in [9.17, 15) is 10.1 Å². The zero-order chi connectivity index (χ0) is 24.5. The van der Waals surface area contributed by atoms with Crippen LogP contribution in [0.5, 0.6) is 17.4 Å². The summed E-state index contributed by atoms with van der Waals surface area (Å²) in [7, 11) is 1.60. The van der Waals surface area contributed by atoms with Crippen LogP contribution in [0.3, 0.4) is 0 Å². The number of Topliss-reactive ketones (excluding diaryl/α,β-unsaturated/α-hetero) is 1. The van der Waals surface area contributed by atoms with Crippen LogP contribution in [0.4, 0.5) is 0 Å². The second-order valence-corrected chi connectivity index (χ2v) is 8.37. The summed E-state index contributed by atoms with van der Waals surface area (Å²) in [4.78, 5) is 13.1. The van der Waals surface area contributed by atoms with E-state index in [1.54, 1.807) is 36.1 Å². The number of hydrogen-bond donors (Lipinski definition) is 1. The summed E-state index contributed by atoms with van der Waals surface area (Å²) in [5.74, 6) is 1.38. The molecular formula is C27H24N4O4. The normalized spacial score (nSPS) is 17.5. The van der Waals surface area contributed by atoms with Crippen molar-refractivity contribution in [3.05, 3.63) is 88.6 Å². The zero-order valence-corrected chi connectivity index (χ0v) is 19.4. The van der Waals surface area contributed by atoms with Crippen molar-refractivity contribution in [2.45, 2.75) is 32.1 Å². The van der Waals surface area contributed by atoms with E-state index in [1.165, 1.54) is 0 Å². The molecule has 8 nitrogen and oxygen atoms in total. The first kappa shape index (κ1) is 22.3. The topological polar surface area (TPSA) is 112 Å². The second-order valence-electron chi connectivity index (χ2n) is 8.37. The Hall–Kier alpha value is -4.51. The summed E-state index contributed by atoms with van der Waals surface area (Å²) in [5, 5.41) is 14.8. The Kier molecular flexibility index (Phi) is 5.75. The summed E-state index contributed by atoms with van der Waals surface area (Å²) in [5.41, 5.74) is 8.81. The monoisotopic (exact) mass is 468 g/mol. The Balaban J connectivity index is 1.74. The van der Waals surface area contributed by atoms with Gasteiger partial charge >= 0.3 is 0 Å². The molecule has 0 saturated carbocycles. The number of nitriles is 1. The molecular weight excluding hydrogens is 444 g/mol. The van der Waals surface area contributed by atoms with Crippen molar-refractivity contribution in [3.8, 4) is 29.1 Å². The molecule has 5 rings (SSSR count). The average Bonchev–Trinajstić information content (AvgIpc) is 3.19. The van der Waals surface area contributed by atoms with Crippen molar-refractivity contribution in [1.29, 1.82) is 5.26 Å². The van der Waals surface area contributed by atoms with Gasteiger partial charge in [0.25, 0.3) is 0 Å². The lowest BCUT2D eigenvalue weighted by atomic mass is 9.77. The molecule has 1 aliphatic heterocycles. The molecule has 0 amide bonds. The largest absolute Gasteiger partial charge is 0.497 e. The summed E-state index contributed by atoms with van der Waals surface area (Å²) >= 11 is 0. The molecule has 3 aromatic rings. The lowest BCUT2D eigenvalue weighted by molar-refractivity contribution is -0.116. The number of benzene rings is 2. The molecule has 2 N–H and O–H groups in total. The van der Waals surface area contributed by atoms with Crippen molar-refractivity contribution in [3.63, 3.8) is 0 Å². The molecule has 0 radical (unpaired) electrons. The molecule has 0 spiro atoms. The average molecular weight is 469 g/mol. The quantitative estimate of drug-likeness (QED) is 0.572. The van der Waals surface area contributed by atoms with Crippen LogP contribution in [-0.2, 0) is 9.53 Å². The molecule has 2 heterocycles. The summed E-state index contributed by atoms with van der Waals surface area (Å²) < 4.78 is 19.1. The van der Waals surface area contributed by atoms with Crippen LogP contribution in [0.2, 0.25) is 0 Å². The Morgan fingerprint density at radius 1 is 1.11 bits per heavy atom. The van der Waals surface area contributed by atoms with Crippen molar-refractivity contribution in [1.82, 2.24) is 9.78 Å². The highest BCUT2D eigenvalue weighted by Gasteiger charge is 2.42.